The number of likely N-dealkylation sites (N-methyl/N-ethyl adjacent to an activating group) is 1. The van der Waals surface area contributed by atoms with Crippen molar-refractivity contribution in [3.8, 4) is 0 Å². The zero-order valence-electron chi connectivity index (χ0n) is 15.5. The summed E-state index contributed by atoms with van der Waals surface area (Å²) in [5.74, 6) is -0.871. The SMILES string of the molecule is CN(CC(=O)Nc1c(Cl)cccc1Cl)C(=O)C1(c2ccc(F)cc2)CCCC1. The Hall–Kier alpha value is -2.11. The first-order valence-electron chi connectivity index (χ1n) is 9.09. The maximum atomic E-state index is 13.3. The lowest BCUT2D eigenvalue weighted by Crippen LogP contribution is -2.46. The van der Waals surface area contributed by atoms with Crippen LogP contribution in [0.25, 0.3) is 0 Å². The van der Waals surface area contributed by atoms with Gasteiger partial charge < -0.3 is 10.2 Å². The van der Waals surface area contributed by atoms with E-state index in [1.165, 1.54) is 17.0 Å². The number of para-hydroxylation sites is 1. The lowest BCUT2D eigenvalue weighted by Gasteiger charge is -2.32. The number of anilines is 1. The van der Waals surface area contributed by atoms with E-state index in [0.29, 0.717) is 28.6 Å². The summed E-state index contributed by atoms with van der Waals surface area (Å²) in [7, 11) is 1.60. The maximum absolute atomic E-state index is 13.3. The second kappa shape index (κ2) is 8.50. The van der Waals surface area contributed by atoms with Crippen molar-refractivity contribution in [3.63, 3.8) is 0 Å². The molecule has 2 aromatic rings. The van der Waals surface area contributed by atoms with Crippen LogP contribution < -0.4 is 5.32 Å². The molecule has 0 heterocycles. The first-order chi connectivity index (χ1) is 13.3. The van der Waals surface area contributed by atoms with E-state index < -0.39 is 11.3 Å². The zero-order valence-corrected chi connectivity index (χ0v) is 17.0. The fourth-order valence-electron chi connectivity index (χ4n) is 3.82. The van der Waals surface area contributed by atoms with Crippen molar-refractivity contribution in [2.75, 3.05) is 18.9 Å². The fourth-order valence-corrected chi connectivity index (χ4v) is 4.31. The molecule has 7 heteroatoms. The number of hydrogen-bond donors (Lipinski definition) is 1. The molecule has 1 aliphatic rings. The molecule has 1 N–H and O–H groups in total. The molecule has 2 amide bonds. The minimum Gasteiger partial charge on any atom is -0.336 e. The van der Waals surface area contributed by atoms with Gasteiger partial charge in [-0.3, -0.25) is 9.59 Å². The van der Waals surface area contributed by atoms with Crippen LogP contribution in [-0.2, 0) is 15.0 Å². The summed E-state index contributed by atoms with van der Waals surface area (Å²) in [6, 6.07) is 11.0. The van der Waals surface area contributed by atoms with Crippen LogP contribution in [-0.4, -0.2) is 30.3 Å². The summed E-state index contributed by atoms with van der Waals surface area (Å²) in [5.41, 5.74) is 0.397. The minimum atomic E-state index is -0.717. The molecule has 4 nitrogen and oxygen atoms in total. The van der Waals surface area contributed by atoms with Gasteiger partial charge in [-0.05, 0) is 42.7 Å². The molecule has 0 unspecified atom stereocenters. The average molecular weight is 423 g/mol. The number of nitrogens with zero attached hydrogens (tertiary/aromatic N) is 1. The molecule has 28 heavy (non-hydrogen) atoms. The Morgan fingerprint density at radius 1 is 1.07 bits per heavy atom. The van der Waals surface area contributed by atoms with Gasteiger partial charge in [0.2, 0.25) is 11.8 Å². The largest absolute Gasteiger partial charge is 0.336 e. The van der Waals surface area contributed by atoms with Gasteiger partial charge in [0.1, 0.15) is 5.82 Å². The Kier molecular flexibility index (Phi) is 6.26. The molecule has 1 aliphatic carbocycles. The van der Waals surface area contributed by atoms with Crippen LogP contribution in [0.4, 0.5) is 10.1 Å². The molecule has 0 bridgehead atoms. The standard InChI is InChI=1S/C21H21Cl2FN2O2/c1-26(13-18(27)25-19-16(22)5-4-6-17(19)23)20(28)21(11-2-3-12-21)14-7-9-15(24)10-8-14/h4-10H,2-3,11-13H2,1H3,(H,25,27). The highest BCUT2D eigenvalue weighted by molar-refractivity contribution is 6.39. The molecule has 148 valence electrons. The second-order valence-electron chi connectivity index (χ2n) is 7.10. The van der Waals surface area contributed by atoms with Gasteiger partial charge in [-0.1, -0.05) is 54.2 Å². The van der Waals surface area contributed by atoms with Crippen molar-refractivity contribution in [2.45, 2.75) is 31.1 Å². The predicted molar refractivity (Wildman–Crippen MR) is 109 cm³/mol. The molecule has 0 radical (unpaired) electrons. The summed E-state index contributed by atoms with van der Waals surface area (Å²) in [4.78, 5) is 27.1. The number of carbonyl (C=O) groups excluding carboxylic acids is 2. The number of rotatable bonds is 5. The number of carbonyl (C=O) groups is 2. The van der Waals surface area contributed by atoms with Gasteiger partial charge in [-0.2, -0.15) is 0 Å². The normalized spacial score (nSPS) is 15.3. The highest BCUT2D eigenvalue weighted by Gasteiger charge is 2.44. The van der Waals surface area contributed by atoms with Crippen LogP contribution in [0.5, 0.6) is 0 Å². The molecule has 0 spiro atoms. The number of benzene rings is 2. The third kappa shape index (κ3) is 4.15. The zero-order chi connectivity index (χ0) is 20.3. The van der Waals surface area contributed by atoms with Gasteiger partial charge in [0.25, 0.3) is 0 Å². The van der Waals surface area contributed by atoms with E-state index in [1.54, 1.807) is 37.4 Å². The lowest BCUT2D eigenvalue weighted by atomic mass is 9.77. The number of amides is 2. The van der Waals surface area contributed by atoms with Gasteiger partial charge in [0.05, 0.1) is 27.7 Å². The second-order valence-corrected chi connectivity index (χ2v) is 7.92. The van der Waals surface area contributed by atoms with Crippen molar-refractivity contribution < 1.29 is 14.0 Å². The first-order valence-corrected chi connectivity index (χ1v) is 9.84. The predicted octanol–water partition coefficient (Wildman–Crippen LogP) is 5.04. The van der Waals surface area contributed by atoms with Crippen LogP contribution in [0.1, 0.15) is 31.2 Å². The summed E-state index contributed by atoms with van der Waals surface area (Å²) < 4.78 is 13.3. The number of nitrogens with one attached hydrogen (secondary N) is 1. The Morgan fingerprint density at radius 2 is 1.64 bits per heavy atom. The summed E-state index contributed by atoms with van der Waals surface area (Å²) in [6.07, 6.45) is 3.19. The maximum Gasteiger partial charge on any atom is 0.244 e. The van der Waals surface area contributed by atoms with Crippen molar-refractivity contribution in [2.24, 2.45) is 0 Å². The Morgan fingerprint density at radius 3 is 2.21 bits per heavy atom. The van der Waals surface area contributed by atoms with Gasteiger partial charge in [0.15, 0.2) is 0 Å². The van der Waals surface area contributed by atoms with Crippen LogP contribution in [0, 0.1) is 5.82 Å². The Bertz CT molecular complexity index is 860. The molecular formula is C21H21Cl2FN2O2. The van der Waals surface area contributed by atoms with E-state index in [4.69, 9.17) is 23.2 Å². The molecule has 1 fully saturated rings. The Labute approximate surface area is 173 Å². The summed E-state index contributed by atoms with van der Waals surface area (Å²) >= 11 is 12.2. The van der Waals surface area contributed by atoms with Crippen molar-refractivity contribution in [1.29, 1.82) is 0 Å². The smallest absolute Gasteiger partial charge is 0.244 e. The van der Waals surface area contributed by atoms with Crippen molar-refractivity contribution in [3.05, 3.63) is 63.9 Å². The van der Waals surface area contributed by atoms with Crippen molar-refractivity contribution in [1.82, 2.24) is 4.90 Å². The van der Waals surface area contributed by atoms with Gasteiger partial charge in [-0.25, -0.2) is 4.39 Å². The van der Waals surface area contributed by atoms with Crippen molar-refractivity contribution >= 4 is 40.7 Å². The molecule has 3 rings (SSSR count). The summed E-state index contributed by atoms with van der Waals surface area (Å²) in [6.45, 7) is -0.136. The van der Waals surface area contributed by atoms with Gasteiger partial charge in [-0.15, -0.1) is 0 Å². The van der Waals surface area contributed by atoms with Gasteiger partial charge >= 0.3 is 0 Å². The van der Waals surface area contributed by atoms with E-state index >= 15 is 0 Å². The Balaban J connectivity index is 1.75. The number of hydrogen-bond acceptors (Lipinski definition) is 2. The molecule has 0 aromatic heterocycles. The monoisotopic (exact) mass is 422 g/mol. The number of halogens is 3. The van der Waals surface area contributed by atoms with Gasteiger partial charge in [0, 0.05) is 7.05 Å². The van der Waals surface area contributed by atoms with Crippen LogP contribution in [0.15, 0.2) is 42.5 Å². The first kappa shape index (κ1) is 20.6. The lowest BCUT2D eigenvalue weighted by molar-refractivity contribution is -0.138. The quantitative estimate of drug-likeness (QED) is 0.733. The highest BCUT2D eigenvalue weighted by atomic mass is 35.5. The van der Waals surface area contributed by atoms with E-state index in [0.717, 1.165) is 18.4 Å². The highest BCUT2D eigenvalue weighted by Crippen LogP contribution is 2.42. The molecule has 0 atom stereocenters. The summed E-state index contributed by atoms with van der Waals surface area (Å²) in [5, 5.41) is 3.32. The van der Waals surface area contributed by atoms with E-state index in [1.807, 2.05) is 0 Å². The van der Waals surface area contributed by atoms with E-state index in [9.17, 15) is 14.0 Å². The van der Waals surface area contributed by atoms with E-state index in [-0.39, 0.29) is 18.3 Å². The molecule has 0 aliphatic heterocycles. The third-order valence-corrected chi connectivity index (χ3v) is 5.85. The van der Waals surface area contributed by atoms with E-state index in [2.05, 4.69) is 5.32 Å². The van der Waals surface area contributed by atoms with Crippen LogP contribution >= 0.6 is 23.2 Å². The topological polar surface area (TPSA) is 49.4 Å². The minimum absolute atomic E-state index is 0.136. The van der Waals surface area contributed by atoms with Crippen LogP contribution in [0.3, 0.4) is 0 Å². The average Bonchev–Trinajstić information content (AvgIpc) is 3.15. The van der Waals surface area contributed by atoms with Crippen LogP contribution in [0.2, 0.25) is 10.0 Å². The molecule has 2 aromatic carbocycles. The third-order valence-electron chi connectivity index (χ3n) is 5.22. The fraction of sp³-hybridized carbons (Fsp3) is 0.333. The molecule has 0 saturated heterocycles. The molecule has 1 saturated carbocycles. The molecular weight excluding hydrogens is 402 g/mol.